The smallest absolute Gasteiger partial charge is 0.331 e. The average Bonchev–Trinajstić information content (AvgIpc) is 2.90. The monoisotopic (exact) mass is 348 g/mol. The fraction of sp³-hybridized carbons (Fsp3) is 0.250. The minimum Gasteiger partial charge on any atom is -0.452 e. The van der Waals surface area contributed by atoms with Crippen molar-refractivity contribution in [2.45, 2.75) is 26.5 Å². The second kappa shape index (κ2) is 7.22. The molecule has 0 spiro atoms. The molecule has 1 heterocycles. The van der Waals surface area contributed by atoms with Crippen LogP contribution in [0, 0.1) is 0 Å². The Kier molecular flexibility index (Phi) is 5.33. The predicted octanol–water partition coefficient (Wildman–Crippen LogP) is 3.90. The molecule has 2 aromatic rings. The van der Waals surface area contributed by atoms with Gasteiger partial charge in [-0.05, 0) is 31.5 Å². The summed E-state index contributed by atoms with van der Waals surface area (Å²) in [6.07, 6.45) is 6.40. The van der Waals surface area contributed by atoms with Crippen LogP contribution in [0.15, 0.2) is 59.1 Å². The summed E-state index contributed by atoms with van der Waals surface area (Å²) >= 11 is 3.44. The number of nitrogens with zero attached hydrogens (tertiary/aromatic N) is 2. The highest BCUT2D eigenvalue weighted by atomic mass is 79.9. The van der Waals surface area contributed by atoms with Crippen LogP contribution in [-0.2, 0) is 16.1 Å². The Morgan fingerprint density at radius 3 is 2.90 bits per heavy atom. The highest BCUT2D eigenvalue weighted by molar-refractivity contribution is 9.10. The van der Waals surface area contributed by atoms with Crippen LogP contribution < -0.4 is 0 Å². The van der Waals surface area contributed by atoms with Gasteiger partial charge in [0.25, 0.3) is 0 Å². The molecule has 0 N–H and O–H groups in total. The number of carbonyl (C=O) groups is 1. The molecule has 0 saturated heterocycles. The van der Waals surface area contributed by atoms with Crippen LogP contribution in [0.5, 0.6) is 0 Å². The molecule has 0 amide bonds. The number of rotatable bonds is 5. The van der Waals surface area contributed by atoms with Crippen molar-refractivity contribution in [1.82, 2.24) is 9.55 Å². The lowest BCUT2D eigenvalue weighted by Crippen LogP contribution is -2.15. The van der Waals surface area contributed by atoms with Crippen molar-refractivity contribution in [1.29, 1.82) is 0 Å². The zero-order valence-corrected chi connectivity index (χ0v) is 13.6. The van der Waals surface area contributed by atoms with Crippen LogP contribution in [-0.4, -0.2) is 15.5 Å². The number of allylic oxidation sites excluding steroid dienone is 1. The van der Waals surface area contributed by atoms with E-state index < -0.39 is 0 Å². The van der Waals surface area contributed by atoms with Gasteiger partial charge >= 0.3 is 5.97 Å². The molecule has 110 valence electrons. The van der Waals surface area contributed by atoms with Gasteiger partial charge in [0.15, 0.2) is 0 Å². The third-order valence-electron chi connectivity index (χ3n) is 2.82. The zero-order chi connectivity index (χ0) is 15.2. The zero-order valence-electron chi connectivity index (χ0n) is 12.0. The van der Waals surface area contributed by atoms with Gasteiger partial charge in [0.2, 0.25) is 0 Å². The molecule has 1 aromatic heterocycles. The summed E-state index contributed by atoms with van der Waals surface area (Å²) in [6.45, 7) is 4.26. The third kappa shape index (κ3) is 4.86. The van der Waals surface area contributed by atoms with Gasteiger partial charge in [0.1, 0.15) is 6.10 Å². The normalized spacial score (nSPS) is 11.8. The first-order valence-electron chi connectivity index (χ1n) is 6.61. The molecule has 0 bridgehead atoms. The molecule has 5 heteroatoms. The van der Waals surface area contributed by atoms with E-state index in [2.05, 4.69) is 20.9 Å². The first-order chi connectivity index (χ1) is 10.0. The van der Waals surface area contributed by atoms with Crippen molar-refractivity contribution in [2.24, 2.45) is 0 Å². The Labute approximate surface area is 132 Å². The van der Waals surface area contributed by atoms with Gasteiger partial charge in [-0.25, -0.2) is 9.78 Å². The fourth-order valence-corrected chi connectivity index (χ4v) is 2.33. The summed E-state index contributed by atoms with van der Waals surface area (Å²) in [6, 6.07) is 7.77. The first-order valence-corrected chi connectivity index (χ1v) is 7.40. The maximum absolute atomic E-state index is 11.9. The van der Waals surface area contributed by atoms with E-state index in [0.29, 0.717) is 6.54 Å². The topological polar surface area (TPSA) is 44.1 Å². The van der Waals surface area contributed by atoms with E-state index in [1.807, 2.05) is 48.9 Å². The summed E-state index contributed by atoms with van der Waals surface area (Å²) in [5, 5.41) is 0. The second-order valence-electron chi connectivity index (χ2n) is 4.96. The fourth-order valence-electron chi connectivity index (χ4n) is 1.91. The van der Waals surface area contributed by atoms with Gasteiger partial charge < -0.3 is 9.30 Å². The van der Waals surface area contributed by atoms with E-state index >= 15 is 0 Å². The number of ether oxygens (including phenoxy) is 1. The molecule has 1 atom stereocenters. The van der Waals surface area contributed by atoms with Crippen molar-refractivity contribution in [2.75, 3.05) is 0 Å². The summed E-state index contributed by atoms with van der Waals surface area (Å²) < 4.78 is 8.43. The number of aromatic nitrogens is 2. The Morgan fingerprint density at radius 2 is 2.29 bits per heavy atom. The SMILES string of the molecule is CC(C)=CC(=O)OC(Cn1ccnc1)c1cccc(Br)c1. The number of imidazole rings is 1. The Balaban J connectivity index is 2.21. The van der Waals surface area contributed by atoms with Crippen molar-refractivity contribution in [3.05, 3.63) is 64.7 Å². The molecule has 1 aromatic carbocycles. The maximum Gasteiger partial charge on any atom is 0.331 e. The van der Waals surface area contributed by atoms with Crippen LogP contribution in [0.25, 0.3) is 0 Å². The van der Waals surface area contributed by atoms with Crippen molar-refractivity contribution in [3.8, 4) is 0 Å². The minimum absolute atomic E-state index is 0.333. The Bertz CT molecular complexity index is 631. The van der Waals surface area contributed by atoms with Crippen molar-refractivity contribution < 1.29 is 9.53 Å². The standard InChI is InChI=1S/C16H17BrN2O2/c1-12(2)8-16(20)21-15(10-19-7-6-18-11-19)13-4-3-5-14(17)9-13/h3-9,11,15H,10H2,1-2H3. The van der Waals surface area contributed by atoms with Gasteiger partial charge in [0, 0.05) is 22.9 Å². The molecule has 0 fully saturated rings. The van der Waals surface area contributed by atoms with Gasteiger partial charge in [-0.15, -0.1) is 0 Å². The Hall–Kier alpha value is -1.88. The summed E-state index contributed by atoms with van der Waals surface area (Å²) in [7, 11) is 0. The van der Waals surface area contributed by atoms with Crippen LogP contribution in [0.2, 0.25) is 0 Å². The second-order valence-corrected chi connectivity index (χ2v) is 5.88. The predicted molar refractivity (Wildman–Crippen MR) is 84.6 cm³/mol. The largest absolute Gasteiger partial charge is 0.452 e. The Morgan fingerprint density at radius 1 is 1.48 bits per heavy atom. The molecule has 0 saturated carbocycles. The minimum atomic E-state index is -0.361. The highest BCUT2D eigenvalue weighted by Gasteiger charge is 2.16. The van der Waals surface area contributed by atoms with E-state index in [1.54, 1.807) is 12.5 Å². The van der Waals surface area contributed by atoms with Crippen molar-refractivity contribution >= 4 is 21.9 Å². The molecule has 1 unspecified atom stereocenters. The van der Waals surface area contributed by atoms with Gasteiger partial charge in [-0.1, -0.05) is 33.6 Å². The van der Waals surface area contributed by atoms with Gasteiger partial charge in [-0.3, -0.25) is 0 Å². The van der Waals surface area contributed by atoms with Gasteiger partial charge in [0.05, 0.1) is 12.9 Å². The number of hydrogen-bond donors (Lipinski definition) is 0. The molecule has 0 aliphatic carbocycles. The van der Waals surface area contributed by atoms with Gasteiger partial charge in [-0.2, -0.15) is 0 Å². The van der Waals surface area contributed by atoms with Crippen molar-refractivity contribution in [3.63, 3.8) is 0 Å². The molecule has 0 aliphatic heterocycles. The summed E-state index contributed by atoms with van der Waals surface area (Å²) in [5.74, 6) is -0.333. The number of hydrogen-bond acceptors (Lipinski definition) is 3. The number of esters is 1. The van der Waals surface area contributed by atoms with E-state index in [4.69, 9.17) is 4.74 Å². The lowest BCUT2D eigenvalue weighted by atomic mass is 10.1. The molecule has 0 radical (unpaired) electrons. The molecular weight excluding hydrogens is 332 g/mol. The van der Waals surface area contributed by atoms with E-state index in [0.717, 1.165) is 15.6 Å². The van der Waals surface area contributed by atoms with Crippen LogP contribution in [0.3, 0.4) is 0 Å². The summed E-state index contributed by atoms with van der Waals surface area (Å²) in [4.78, 5) is 15.9. The lowest BCUT2D eigenvalue weighted by Gasteiger charge is -2.18. The number of carbonyl (C=O) groups excluding carboxylic acids is 1. The van der Waals surface area contributed by atoms with E-state index in [1.165, 1.54) is 6.08 Å². The molecule has 0 aliphatic rings. The number of halogens is 1. The molecule has 4 nitrogen and oxygen atoms in total. The quantitative estimate of drug-likeness (QED) is 0.608. The number of benzene rings is 1. The van der Waals surface area contributed by atoms with Crippen LogP contribution >= 0.6 is 15.9 Å². The average molecular weight is 349 g/mol. The summed E-state index contributed by atoms with van der Waals surface area (Å²) in [5.41, 5.74) is 1.85. The first kappa shape index (κ1) is 15.5. The maximum atomic E-state index is 11.9. The van der Waals surface area contributed by atoms with E-state index in [9.17, 15) is 4.79 Å². The highest BCUT2D eigenvalue weighted by Crippen LogP contribution is 2.23. The van der Waals surface area contributed by atoms with E-state index in [-0.39, 0.29) is 12.1 Å². The van der Waals surface area contributed by atoms with Crippen LogP contribution in [0.1, 0.15) is 25.5 Å². The lowest BCUT2D eigenvalue weighted by molar-refractivity contribution is -0.144. The molecule has 2 rings (SSSR count). The molecule has 21 heavy (non-hydrogen) atoms. The molecular formula is C16H17BrN2O2. The third-order valence-corrected chi connectivity index (χ3v) is 3.31. The van der Waals surface area contributed by atoms with Crippen LogP contribution in [0.4, 0.5) is 0 Å².